The third kappa shape index (κ3) is 3.29. The molecule has 0 aliphatic carbocycles. The molecule has 2 aromatic rings. The van der Waals surface area contributed by atoms with E-state index in [-0.39, 0.29) is 11.8 Å². The molecule has 21 heavy (non-hydrogen) atoms. The minimum absolute atomic E-state index is 0.0164. The van der Waals surface area contributed by atoms with Crippen molar-refractivity contribution in [1.82, 2.24) is 9.97 Å². The first kappa shape index (κ1) is 15.2. The molecule has 0 aliphatic rings. The highest BCUT2D eigenvalue weighted by molar-refractivity contribution is 5.91. The monoisotopic (exact) mass is 287 g/mol. The third-order valence-corrected chi connectivity index (χ3v) is 3.93. The van der Waals surface area contributed by atoms with E-state index in [1.807, 2.05) is 45.9 Å². The van der Waals surface area contributed by atoms with Gasteiger partial charge in [-0.1, -0.05) is 32.4 Å². The molecule has 0 fully saturated rings. The number of carboxylic acid groups (broad SMARTS) is 1. The molecule has 0 amide bonds. The van der Waals surface area contributed by atoms with Crippen molar-refractivity contribution in [3.05, 3.63) is 30.1 Å². The van der Waals surface area contributed by atoms with Crippen LogP contribution in [0.2, 0.25) is 0 Å². The summed E-state index contributed by atoms with van der Waals surface area (Å²) in [4.78, 5) is 20.0. The average Bonchev–Trinajstić information content (AvgIpc) is 2.43. The Kier molecular flexibility index (Phi) is 4.40. The van der Waals surface area contributed by atoms with Crippen molar-refractivity contribution in [2.45, 2.75) is 33.7 Å². The van der Waals surface area contributed by atoms with Gasteiger partial charge in [-0.2, -0.15) is 0 Å². The zero-order valence-electron chi connectivity index (χ0n) is 12.8. The molecule has 5 nitrogen and oxygen atoms in total. The quantitative estimate of drug-likeness (QED) is 0.883. The van der Waals surface area contributed by atoms with Gasteiger partial charge >= 0.3 is 5.97 Å². The molecule has 0 saturated heterocycles. The van der Waals surface area contributed by atoms with Crippen LogP contribution in [0, 0.1) is 18.8 Å². The van der Waals surface area contributed by atoms with Crippen LogP contribution in [0.4, 0.5) is 5.82 Å². The molecule has 0 saturated carbocycles. The lowest BCUT2D eigenvalue weighted by molar-refractivity contribution is -0.139. The summed E-state index contributed by atoms with van der Waals surface area (Å²) in [5.74, 6) is -0.0509. The minimum atomic E-state index is -0.865. The number of carboxylic acids is 1. The molecule has 0 aliphatic heterocycles. The van der Waals surface area contributed by atoms with Crippen molar-refractivity contribution in [2.75, 3.05) is 5.32 Å². The van der Waals surface area contributed by atoms with Gasteiger partial charge in [-0.25, -0.2) is 14.8 Å². The second-order valence-corrected chi connectivity index (χ2v) is 5.81. The number of carbonyl (C=O) groups is 1. The van der Waals surface area contributed by atoms with E-state index in [0.29, 0.717) is 5.82 Å². The summed E-state index contributed by atoms with van der Waals surface area (Å²) in [6.45, 7) is 7.96. The Morgan fingerprint density at radius 3 is 2.57 bits per heavy atom. The Bertz CT molecular complexity index is 655. The van der Waals surface area contributed by atoms with Crippen LogP contribution in [0.5, 0.6) is 0 Å². The Balaban J connectivity index is 2.41. The molecule has 1 heterocycles. The molecule has 2 rings (SSSR count). The number of aromatic nitrogens is 2. The molecule has 0 spiro atoms. The van der Waals surface area contributed by atoms with Crippen LogP contribution in [0.25, 0.3) is 10.9 Å². The van der Waals surface area contributed by atoms with Crippen molar-refractivity contribution in [1.29, 1.82) is 0 Å². The number of aliphatic carboxylic acids is 1. The first-order chi connectivity index (χ1) is 9.90. The van der Waals surface area contributed by atoms with Crippen molar-refractivity contribution in [3.8, 4) is 0 Å². The highest BCUT2D eigenvalue weighted by Crippen LogP contribution is 2.24. The lowest BCUT2D eigenvalue weighted by Crippen LogP contribution is -2.38. The smallest absolute Gasteiger partial charge is 0.326 e. The zero-order chi connectivity index (χ0) is 15.6. The lowest BCUT2D eigenvalue weighted by atomic mass is 9.90. The molecule has 0 unspecified atom stereocenters. The summed E-state index contributed by atoms with van der Waals surface area (Å²) < 4.78 is 0. The normalized spacial score (nSPS) is 14.1. The third-order valence-electron chi connectivity index (χ3n) is 3.93. The van der Waals surface area contributed by atoms with E-state index in [2.05, 4.69) is 15.3 Å². The van der Waals surface area contributed by atoms with E-state index in [1.165, 1.54) is 6.33 Å². The van der Waals surface area contributed by atoms with Gasteiger partial charge in [-0.3, -0.25) is 0 Å². The topological polar surface area (TPSA) is 75.1 Å². The number of nitrogens with one attached hydrogen (secondary N) is 1. The summed E-state index contributed by atoms with van der Waals surface area (Å²) in [6, 6.07) is 5.18. The van der Waals surface area contributed by atoms with Gasteiger partial charge in [0.1, 0.15) is 18.2 Å². The highest BCUT2D eigenvalue weighted by Gasteiger charge is 2.27. The second kappa shape index (κ2) is 6.08. The van der Waals surface area contributed by atoms with Gasteiger partial charge in [0, 0.05) is 5.39 Å². The fourth-order valence-electron chi connectivity index (χ4n) is 2.24. The molecule has 112 valence electrons. The van der Waals surface area contributed by atoms with Crippen molar-refractivity contribution < 1.29 is 9.90 Å². The number of fused-ring (bicyclic) bond motifs is 1. The minimum Gasteiger partial charge on any atom is -0.480 e. The molecular weight excluding hydrogens is 266 g/mol. The molecule has 2 atom stereocenters. The van der Waals surface area contributed by atoms with E-state index in [9.17, 15) is 9.90 Å². The molecule has 5 heteroatoms. The van der Waals surface area contributed by atoms with E-state index < -0.39 is 12.0 Å². The van der Waals surface area contributed by atoms with Gasteiger partial charge in [0.15, 0.2) is 0 Å². The first-order valence-corrected chi connectivity index (χ1v) is 7.11. The van der Waals surface area contributed by atoms with E-state index in [0.717, 1.165) is 16.5 Å². The SMILES string of the molecule is Cc1ccc2ncnc(N[C@H](C(=O)O)[C@@H](C)C(C)C)c2c1. The van der Waals surface area contributed by atoms with Gasteiger partial charge in [0.25, 0.3) is 0 Å². The van der Waals surface area contributed by atoms with Gasteiger partial charge in [-0.15, -0.1) is 0 Å². The van der Waals surface area contributed by atoms with Crippen LogP contribution in [-0.2, 0) is 4.79 Å². The number of rotatable bonds is 5. The Hall–Kier alpha value is -2.17. The van der Waals surface area contributed by atoms with Crippen LogP contribution < -0.4 is 5.32 Å². The Morgan fingerprint density at radius 1 is 1.24 bits per heavy atom. The van der Waals surface area contributed by atoms with Crippen LogP contribution in [0.1, 0.15) is 26.3 Å². The Morgan fingerprint density at radius 2 is 1.95 bits per heavy atom. The van der Waals surface area contributed by atoms with Crippen LogP contribution in [-0.4, -0.2) is 27.1 Å². The summed E-state index contributed by atoms with van der Waals surface area (Å²) in [5.41, 5.74) is 1.89. The zero-order valence-corrected chi connectivity index (χ0v) is 12.8. The van der Waals surface area contributed by atoms with E-state index >= 15 is 0 Å². The number of hydrogen-bond acceptors (Lipinski definition) is 4. The lowest BCUT2D eigenvalue weighted by Gasteiger charge is -2.25. The van der Waals surface area contributed by atoms with Crippen molar-refractivity contribution >= 4 is 22.7 Å². The average molecular weight is 287 g/mol. The first-order valence-electron chi connectivity index (χ1n) is 7.11. The number of aryl methyl sites for hydroxylation is 1. The highest BCUT2D eigenvalue weighted by atomic mass is 16.4. The maximum absolute atomic E-state index is 11.5. The van der Waals surface area contributed by atoms with E-state index in [1.54, 1.807) is 0 Å². The molecule has 1 aromatic carbocycles. The fraction of sp³-hybridized carbons (Fsp3) is 0.438. The van der Waals surface area contributed by atoms with Crippen molar-refractivity contribution in [2.24, 2.45) is 11.8 Å². The van der Waals surface area contributed by atoms with Crippen LogP contribution >= 0.6 is 0 Å². The predicted molar refractivity (Wildman–Crippen MR) is 83.3 cm³/mol. The molecule has 1 aromatic heterocycles. The standard InChI is InChI=1S/C16H21N3O2/c1-9(2)11(4)14(16(20)21)19-15-12-7-10(3)5-6-13(12)17-8-18-15/h5-9,11,14H,1-4H3,(H,20,21)(H,17,18,19)/t11-,14-/m0/s1. The van der Waals surface area contributed by atoms with E-state index in [4.69, 9.17) is 0 Å². The van der Waals surface area contributed by atoms with Crippen molar-refractivity contribution in [3.63, 3.8) is 0 Å². The Labute approximate surface area is 124 Å². The number of benzene rings is 1. The molecule has 0 radical (unpaired) electrons. The summed E-state index contributed by atoms with van der Waals surface area (Å²) in [6.07, 6.45) is 1.46. The molecule has 2 N–H and O–H groups in total. The van der Waals surface area contributed by atoms with Gasteiger partial charge in [0.2, 0.25) is 0 Å². The largest absolute Gasteiger partial charge is 0.480 e. The maximum Gasteiger partial charge on any atom is 0.326 e. The summed E-state index contributed by atoms with van der Waals surface area (Å²) in [5, 5.41) is 13.4. The van der Waals surface area contributed by atoms with Gasteiger partial charge in [0.05, 0.1) is 5.52 Å². The second-order valence-electron chi connectivity index (χ2n) is 5.81. The summed E-state index contributed by atoms with van der Waals surface area (Å²) >= 11 is 0. The number of anilines is 1. The van der Waals surface area contributed by atoms with Crippen LogP contribution in [0.15, 0.2) is 24.5 Å². The van der Waals surface area contributed by atoms with Gasteiger partial charge in [-0.05, 0) is 30.9 Å². The number of hydrogen-bond donors (Lipinski definition) is 2. The summed E-state index contributed by atoms with van der Waals surface area (Å²) in [7, 11) is 0. The predicted octanol–water partition coefficient (Wildman–Crippen LogP) is 3.10. The van der Waals surface area contributed by atoms with Crippen LogP contribution in [0.3, 0.4) is 0 Å². The number of nitrogens with zero attached hydrogens (tertiary/aromatic N) is 2. The molecule has 0 bridgehead atoms. The molecular formula is C16H21N3O2. The van der Waals surface area contributed by atoms with Gasteiger partial charge < -0.3 is 10.4 Å². The maximum atomic E-state index is 11.5. The fourth-order valence-corrected chi connectivity index (χ4v) is 2.24.